The number of ether oxygens (including phenoxy) is 2. The maximum absolute atomic E-state index is 12.4. The summed E-state index contributed by atoms with van der Waals surface area (Å²) < 4.78 is 10.3. The van der Waals surface area contributed by atoms with Crippen LogP contribution in [-0.4, -0.2) is 30.1 Å². The number of rotatable bonds is 9. The van der Waals surface area contributed by atoms with E-state index in [4.69, 9.17) is 9.47 Å². The van der Waals surface area contributed by atoms with Crippen molar-refractivity contribution in [3.05, 3.63) is 90.1 Å². The van der Waals surface area contributed by atoms with Crippen molar-refractivity contribution < 1.29 is 14.3 Å². The normalized spacial score (nSPS) is 10.4. The molecule has 3 aromatic carbocycles. The number of methoxy groups -OCH3 is 2. The average Bonchev–Trinajstić information content (AvgIpc) is 2.86. The van der Waals surface area contributed by atoms with Gasteiger partial charge in [0.1, 0.15) is 17.3 Å². The second kappa shape index (κ2) is 11.0. The van der Waals surface area contributed by atoms with Crippen molar-refractivity contribution in [3.8, 4) is 11.5 Å². The molecule has 0 aliphatic carbocycles. The molecule has 8 heteroatoms. The van der Waals surface area contributed by atoms with E-state index in [1.165, 1.54) is 0 Å². The number of nitrogens with zero attached hydrogens (tertiary/aromatic N) is 2. The summed E-state index contributed by atoms with van der Waals surface area (Å²) in [6.45, 7) is 1.91. The number of nitrogens with one attached hydrogen (secondary N) is 3. The van der Waals surface area contributed by atoms with Crippen molar-refractivity contribution in [1.29, 1.82) is 0 Å². The van der Waals surface area contributed by atoms with Gasteiger partial charge in [0, 0.05) is 28.8 Å². The Morgan fingerprint density at radius 2 is 1.29 bits per heavy atom. The molecule has 0 saturated heterocycles. The zero-order chi connectivity index (χ0) is 24.6. The quantitative estimate of drug-likeness (QED) is 0.299. The molecule has 0 atom stereocenters. The van der Waals surface area contributed by atoms with Gasteiger partial charge in [-0.3, -0.25) is 4.79 Å². The van der Waals surface area contributed by atoms with Gasteiger partial charge in [-0.25, -0.2) is 4.98 Å². The predicted octanol–water partition coefficient (Wildman–Crippen LogP) is 5.47. The number of carbonyl (C=O) groups is 1. The van der Waals surface area contributed by atoms with Gasteiger partial charge in [0.05, 0.1) is 20.6 Å². The van der Waals surface area contributed by atoms with Crippen molar-refractivity contribution >= 4 is 34.7 Å². The van der Waals surface area contributed by atoms with Crippen LogP contribution in [0.2, 0.25) is 0 Å². The Bertz CT molecular complexity index is 1270. The molecule has 1 heterocycles. The third kappa shape index (κ3) is 6.70. The minimum Gasteiger partial charge on any atom is -0.497 e. The van der Waals surface area contributed by atoms with Crippen LogP contribution >= 0.6 is 0 Å². The Labute approximate surface area is 204 Å². The average molecular weight is 470 g/mol. The lowest BCUT2D eigenvalue weighted by Crippen LogP contribution is -2.14. The zero-order valence-electron chi connectivity index (χ0n) is 19.8. The molecule has 0 fully saturated rings. The van der Waals surface area contributed by atoms with E-state index in [2.05, 4.69) is 25.9 Å². The van der Waals surface area contributed by atoms with Crippen molar-refractivity contribution in [1.82, 2.24) is 9.97 Å². The fraction of sp³-hybridized carbons (Fsp3) is 0.148. The molecule has 1 aromatic heterocycles. The van der Waals surface area contributed by atoms with Crippen molar-refractivity contribution in [2.24, 2.45) is 0 Å². The summed E-state index contributed by atoms with van der Waals surface area (Å²) in [6.07, 6.45) is 0.283. The lowest BCUT2D eigenvalue weighted by molar-refractivity contribution is -0.115. The van der Waals surface area contributed by atoms with Gasteiger partial charge in [0.2, 0.25) is 11.9 Å². The van der Waals surface area contributed by atoms with Crippen molar-refractivity contribution in [2.75, 3.05) is 30.2 Å². The number of aryl methyl sites for hydroxylation is 1. The number of anilines is 5. The summed E-state index contributed by atoms with van der Waals surface area (Å²) in [5.74, 6) is 2.60. The Morgan fingerprint density at radius 1 is 0.743 bits per heavy atom. The monoisotopic (exact) mass is 469 g/mol. The highest BCUT2D eigenvalue weighted by atomic mass is 16.5. The molecule has 4 rings (SSSR count). The van der Waals surface area contributed by atoms with E-state index >= 15 is 0 Å². The van der Waals surface area contributed by atoms with Gasteiger partial charge in [-0.15, -0.1) is 0 Å². The lowest BCUT2D eigenvalue weighted by atomic mass is 10.1. The predicted molar refractivity (Wildman–Crippen MR) is 138 cm³/mol. The maximum Gasteiger partial charge on any atom is 0.229 e. The Kier molecular flexibility index (Phi) is 7.42. The van der Waals surface area contributed by atoms with Gasteiger partial charge in [0.15, 0.2) is 0 Å². The summed E-state index contributed by atoms with van der Waals surface area (Å²) in [6, 6.07) is 24.3. The number of aromatic nitrogens is 2. The Morgan fingerprint density at radius 3 is 1.91 bits per heavy atom. The molecule has 0 spiro atoms. The Hall–Kier alpha value is -4.59. The smallest absolute Gasteiger partial charge is 0.229 e. The van der Waals surface area contributed by atoms with Gasteiger partial charge in [0.25, 0.3) is 0 Å². The first-order valence-corrected chi connectivity index (χ1v) is 11.1. The van der Waals surface area contributed by atoms with Gasteiger partial charge >= 0.3 is 0 Å². The molecule has 178 valence electrons. The van der Waals surface area contributed by atoms with Crippen LogP contribution in [-0.2, 0) is 11.2 Å². The molecule has 0 radical (unpaired) electrons. The van der Waals surface area contributed by atoms with E-state index in [-0.39, 0.29) is 12.3 Å². The number of amides is 1. The summed E-state index contributed by atoms with van der Waals surface area (Å²) in [5.41, 5.74) is 4.14. The summed E-state index contributed by atoms with van der Waals surface area (Å²) in [7, 11) is 3.25. The van der Waals surface area contributed by atoms with Crippen LogP contribution in [0.1, 0.15) is 11.3 Å². The van der Waals surface area contributed by atoms with Crippen molar-refractivity contribution in [2.45, 2.75) is 13.3 Å². The topological polar surface area (TPSA) is 97.4 Å². The molecule has 0 bridgehead atoms. The fourth-order valence-electron chi connectivity index (χ4n) is 3.41. The molecule has 0 aliphatic heterocycles. The summed E-state index contributed by atoms with van der Waals surface area (Å²) in [4.78, 5) is 21.4. The van der Waals surface area contributed by atoms with Gasteiger partial charge < -0.3 is 25.4 Å². The molecule has 1 amide bonds. The zero-order valence-corrected chi connectivity index (χ0v) is 19.8. The first-order valence-electron chi connectivity index (χ1n) is 11.1. The number of benzene rings is 3. The number of hydrogen-bond acceptors (Lipinski definition) is 7. The molecule has 0 aliphatic rings. The molecule has 35 heavy (non-hydrogen) atoms. The molecular formula is C27H27N5O3. The third-order valence-corrected chi connectivity index (χ3v) is 5.17. The molecule has 3 N–H and O–H groups in total. The van der Waals surface area contributed by atoms with Gasteiger partial charge in [-0.2, -0.15) is 4.98 Å². The Balaban J connectivity index is 1.36. The van der Waals surface area contributed by atoms with E-state index in [0.717, 1.165) is 34.1 Å². The van der Waals surface area contributed by atoms with E-state index in [0.29, 0.717) is 17.5 Å². The first kappa shape index (κ1) is 23.6. The van der Waals surface area contributed by atoms with Crippen LogP contribution in [0.3, 0.4) is 0 Å². The number of hydrogen-bond donors (Lipinski definition) is 3. The van der Waals surface area contributed by atoms with E-state index in [1.807, 2.05) is 85.8 Å². The van der Waals surface area contributed by atoms with E-state index in [1.54, 1.807) is 14.2 Å². The summed E-state index contributed by atoms with van der Waals surface area (Å²) >= 11 is 0. The minimum absolute atomic E-state index is 0.0906. The minimum atomic E-state index is -0.0906. The lowest BCUT2D eigenvalue weighted by Gasteiger charge is -2.11. The van der Waals surface area contributed by atoms with Crippen LogP contribution in [0.5, 0.6) is 11.5 Å². The van der Waals surface area contributed by atoms with Gasteiger partial charge in [-0.05, 0) is 73.2 Å². The fourth-order valence-corrected chi connectivity index (χ4v) is 3.41. The maximum atomic E-state index is 12.4. The van der Waals surface area contributed by atoms with Crippen molar-refractivity contribution in [3.63, 3.8) is 0 Å². The second-order valence-corrected chi connectivity index (χ2v) is 7.85. The molecule has 4 aromatic rings. The van der Waals surface area contributed by atoms with E-state index in [9.17, 15) is 4.79 Å². The SMILES string of the molecule is COc1ccc(CC(=O)Nc2ccc(Nc3nc(C)cc(Nc4ccc(OC)cc4)n3)cc2)cc1. The molecule has 0 saturated carbocycles. The number of carbonyl (C=O) groups excluding carboxylic acids is 1. The third-order valence-electron chi connectivity index (χ3n) is 5.17. The second-order valence-electron chi connectivity index (χ2n) is 7.85. The van der Waals surface area contributed by atoms with Gasteiger partial charge in [-0.1, -0.05) is 12.1 Å². The highest BCUT2D eigenvalue weighted by Gasteiger charge is 2.07. The van der Waals surface area contributed by atoms with Crippen LogP contribution in [0.25, 0.3) is 0 Å². The van der Waals surface area contributed by atoms with Crippen LogP contribution in [0.4, 0.5) is 28.8 Å². The molecular weight excluding hydrogens is 442 g/mol. The van der Waals surface area contributed by atoms with Crippen LogP contribution < -0.4 is 25.4 Å². The molecule has 8 nitrogen and oxygen atoms in total. The standard InChI is InChI=1S/C27H27N5O3/c1-18-16-25(29-20-10-14-24(35-3)15-11-20)32-27(28-18)31-22-8-6-21(7-9-22)30-26(33)17-19-4-12-23(34-2)13-5-19/h4-16H,17H2,1-3H3,(H,30,33)(H2,28,29,31,32). The van der Waals surface area contributed by atoms with Crippen LogP contribution in [0, 0.1) is 6.92 Å². The first-order chi connectivity index (χ1) is 17.0. The molecule has 0 unspecified atom stereocenters. The largest absolute Gasteiger partial charge is 0.497 e. The van der Waals surface area contributed by atoms with Crippen LogP contribution in [0.15, 0.2) is 78.9 Å². The highest BCUT2D eigenvalue weighted by molar-refractivity contribution is 5.92. The van der Waals surface area contributed by atoms with E-state index < -0.39 is 0 Å². The highest BCUT2D eigenvalue weighted by Crippen LogP contribution is 2.22. The summed E-state index contributed by atoms with van der Waals surface area (Å²) in [5, 5.41) is 9.41.